The van der Waals surface area contributed by atoms with Crippen LogP contribution in [0.25, 0.3) is 0 Å². The Morgan fingerprint density at radius 3 is 2.71 bits per heavy atom. The third-order valence-electron chi connectivity index (χ3n) is 7.34. The first-order valence-electron chi connectivity index (χ1n) is 11.5. The van der Waals surface area contributed by atoms with Crippen molar-refractivity contribution in [3.8, 4) is 0 Å². The molecule has 1 N–H and O–H groups in total. The van der Waals surface area contributed by atoms with E-state index in [0.29, 0.717) is 0 Å². The second kappa shape index (κ2) is 7.79. The highest BCUT2D eigenvalue weighted by atomic mass is 19.3. The lowest BCUT2D eigenvalue weighted by molar-refractivity contribution is 0.0796. The summed E-state index contributed by atoms with van der Waals surface area (Å²) in [6.07, 6.45) is 3.39. The molecule has 12 heteroatoms. The van der Waals surface area contributed by atoms with E-state index >= 15 is 0 Å². The van der Waals surface area contributed by atoms with Gasteiger partial charge in [-0.2, -0.15) is 0 Å². The SMILES string of the molecule is Cn1cnc2c1CC[C@H]2NC(=O)c1cn(Cc2ccc(N3CC4C(C3)C4(F)F)nc2C(F)F)cn1. The predicted molar refractivity (Wildman–Crippen MR) is 116 cm³/mol. The van der Waals surface area contributed by atoms with Crippen LogP contribution in [0, 0.1) is 11.8 Å². The number of piperidine rings is 1. The van der Waals surface area contributed by atoms with E-state index in [1.807, 2.05) is 11.6 Å². The number of hydrogen-bond acceptors (Lipinski definition) is 5. The zero-order valence-electron chi connectivity index (χ0n) is 18.8. The fraction of sp³-hybridized carbons (Fsp3) is 0.478. The molecule has 3 atom stereocenters. The second-order valence-corrected chi connectivity index (χ2v) is 9.49. The molecule has 1 amide bonds. The van der Waals surface area contributed by atoms with E-state index in [0.717, 1.165) is 24.2 Å². The highest BCUT2D eigenvalue weighted by Gasteiger charge is 2.71. The Labute approximate surface area is 198 Å². The number of aryl methyl sites for hydroxylation is 1. The molecular weight excluding hydrogens is 466 g/mol. The third-order valence-corrected chi connectivity index (χ3v) is 7.34. The van der Waals surface area contributed by atoms with Gasteiger partial charge >= 0.3 is 0 Å². The van der Waals surface area contributed by atoms with Crippen molar-refractivity contribution in [1.29, 1.82) is 0 Å². The molecule has 3 aromatic rings. The van der Waals surface area contributed by atoms with E-state index < -0.39 is 29.9 Å². The minimum atomic E-state index is -2.83. The summed E-state index contributed by atoms with van der Waals surface area (Å²) < 4.78 is 58.0. The van der Waals surface area contributed by atoms with Crippen LogP contribution < -0.4 is 10.2 Å². The van der Waals surface area contributed by atoms with Crippen LogP contribution in [0.15, 0.2) is 31.0 Å². The summed E-state index contributed by atoms with van der Waals surface area (Å²) in [7, 11) is 1.92. The van der Waals surface area contributed by atoms with Gasteiger partial charge in [-0.05, 0) is 24.5 Å². The van der Waals surface area contributed by atoms with Gasteiger partial charge < -0.3 is 19.4 Å². The summed E-state index contributed by atoms with van der Waals surface area (Å²) in [5.41, 5.74) is 2.00. The number of amides is 1. The lowest BCUT2D eigenvalue weighted by Crippen LogP contribution is -2.28. The van der Waals surface area contributed by atoms with E-state index in [1.165, 1.54) is 18.6 Å². The Morgan fingerprint density at radius 1 is 1.20 bits per heavy atom. The van der Waals surface area contributed by atoms with Crippen LogP contribution in [-0.4, -0.2) is 49.0 Å². The normalized spacial score (nSPS) is 24.1. The molecule has 3 aromatic heterocycles. The molecule has 4 heterocycles. The van der Waals surface area contributed by atoms with Crippen molar-refractivity contribution in [2.75, 3.05) is 18.0 Å². The minimum absolute atomic E-state index is 0.0460. The molecule has 8 nitrogen and oxygen atoms in total. The number of anilines is 1. The van der Waals surface area contributed by atoms with Crippen LogP contribution in [0.3, 0.4) is 0 Å². The summed E-state index contributed by atoms with van der Waals surface area (Å²) in [6.45, 7) is 0.283. The van der Waals surface area contributed by atoms with Crippen molar-refractivity contribution < 1.29 is 22.4 Å². The van der Waals surface area contributed by atoms with Gasteiger partial charge in [-0.1, -0.05) is 6.07 Å². The molecule has 0 spiro atoms. The van der Waals surface area contributed by atoms with Gasteiger partial charge in [0.15, 0.2) is 0 Å². The second-order valence-electron chi connectivity index (χ2n) is 9.49. The van der Waals surface area contributed by atoms with Crippen molar-refractivity contribution in [2.45, 2.75) is 37.8 Å². The van der Waals surface area contributed by atoms with E-state index in [2.05, 4.69) is 20.3 Å². The Balaban J connectivity index is 1.14. The Bertz CT molecular complexity index is 1290. The van der Waals surface area contributed by atoms with Crippen LogP contribution >= 0.6 is 0 Å². The first kappa shape index (κ1) is 22.1. The van der Waals surface area contributed by atoms with Gasteiger partial charge in [0.05, 0.1) is 42.8 Å². The van der Waals surface area contributed by atoms with Crippen LogP contribution in [0.1, 0.15) is 52.0 Å². The van der Waals surface area contributed by atoms with Gasteiger partial charge in [-0.25, -0.2) is 32.5 Å². The number of fused-ring (bicyclic) bond motifs is 2. The molecule has 35 heavy (non-hydrogen) atoms. The third kappa shape index (κ3) is 3.66. The molecule has 2 fully saturated rings. The molecule has 3 aliphatic rings. The average Bonchev–Trinajstić information content (AvgIpc) is 3.46. The monoisotopic (exact) mass is 489 g/mol. The van der Waals surface area contributed by atoms with Gasteiger partial charge in [-0.3, -0.25) is 4.79 Å². The number of nitrogens with one attached hydrogen (secondary N) is 1. The molecular formula is C23H23F4N7O. The number of alkyl halides is 4. The van der Waals surface area contributed by atoms with E-state index in [9.17, 15) is 22.4 Å². The highest BCUT2D eigenvalue weighted by molar-refractivity contribution is 5.92. The van der Waals surface area contributed by atoms with E-state index in [-0.39, 0.29) is 48.7 Å². The Hall–Kier alpha value is -3.44. The van der Waals surface area contributed by atoms with Gasteiger partial charge in [0.2, 0.25) is 0 Å². The summed E-state index contributed by atoms with van der Waals surface area (Å²) >= 11 is 0. The topological polar surface area (TPSA) is 80.9 Å². The van der Waals surface area contributed by atoms with Gasteiger partial charge in [0, 0.05) is 32.0 Å². The van der Waals surface area contributed by atoms with Crippen LogP contribution in [0.4, 0.5) is 23.4 Å². The largest absolute Gasteiger partial charge is 0.356 e. The van der Waals surface area contributed by atoms with Crippen molar-refractivity contribution in [3.63, 3.8) is 0 Å². The zero-order chi connectivity index (χ0) is 24.5. The lowest BCUT2D eigenvalue weighted by Gasteiger charge is -2.22. The van der Waals surface area contributed by atoms with Gasteiger partial charge in [0.1, 0.15) is 17.2 Å². The summed E-state index contributed by atoms with van der Waals surface area (Å²) in [6, 6.07) is 2.93. The Kier molecular flexibility index (Phi) is 4.91. The number of imidazole rings is 2. The molecule has 0 bridgehead atoms. The average molecular weight is 489 g/mol. The fourth-order valence-corrected chi connectivity index (χ4v) is 5.31. The van der Waals surface area contributed by atoms with E-state index in [1.54, 1.807) is 21.9 Å². The number of nitrogens with zero attached hydrogens (tertiary/aromatic N) is 6. The molecule has 184 valence electrons. The molecule has 0 radical (unpaired) electrons. The van der Waals surface area contributed by atoms with Crippen molar-refractivity contribution in [2.24, 2.45) is 18.9 Å². The standard InChI is InChI=1S/C23H23F4N7O/c1-32-10-29-20-15(3-4-17(20)32)30-22(35)16-9-33(11-28-16)6-12-2-5-18(31-19(12)21(24)25)34-7-13-14(8-34)23(13,26)27/h2,5,9-11,13-15,21H,3-4,6-8H2,1H3,(H,30,35)/t13?,14?,15-/m1/s1. The quantitative estimate of drug-likeness (QED) is 0.539. The number of rotatable bonds is 6. The molecule has 0 aromatic carbocycles. The molecule has 1 saturated carbocycles. The number of halogens is 4. The fourth-order valence-electron chi connectivity index (χ4n) is 5.31. The van der Waals surface area contributed by atoms with E-state index in [4.69, 9.17) is 0 Å². The number of carbonyl (C=O) groups is 1. The zero-order valence-corrected chi connectivity index (χ0v) is 18.8. The minimum Gasteiger partial charge on any atom is -0.356 e. The van der Waals surface area contributed by atoms with Gasteiger partial charge in [0.25, 0.3) is 18.3 Å². The number of aromatic nitrogens is 5. The maximum atomic E-state index is 13.8. The predicted octanol–water partition coefficient (Wildman–Crippen LogP) is 3.12. The summed E-state index contributed by atoms with van der Waals surface area (Å²) in [5, 5.41) is 2.94. The summed E-state index contributed by atoms with van der Waals surface area (Å²) in [4.78, 5) is 26.9. The smallest absolute Gasteiger partial charge is 0.280 e. The lowest BCUT2D eigenvalue weighted by atomic mass is 10.2. The van der Waals surface area contributed by atoms with Crippen LogP contribution in [-0.2, 0) is 20.0 Å². The van der Waals surface area contributed by atoms with Crippen molar-refractivity contribution in [3.05, 3.63) is 59.3 Å². The Morgan fingerprint density at radius 2 is 1.97 bits per heavy atom. The van der Waals surface area contributed by atoms with Crippen molar-refractivity contribution in [1.82, 2.24) is 29.4 Å². The first-order chi connectivity index (χ1) is 16.7. The van der Waals surface area contributed by atoms with Crippen LogP contribution in [0.5, 0.6) is 0 Å². The molecule has 6 rings (SSSR count). The maximum Gasteiger partial charge on any atom is 0.280 e. The number of pyridine rings is 1. The van der Waals surface area contributed by atoms with Crippen molar-refractivity contribution >= 4 is 11.7 Å². The maximum absolute atomic E-state index is 13.8. The van der Waals surface area contributed by atoms with Gasteiger partial charge in [-0.15, -0.1) is 0 Å². The first-order valence-corrected chi connectivity index (χ1v) is 11.5. The van der Waals surface area contributed by atoms with Crippen LogP contribution in [0.2, 0.25) is 0 Å². The summed E-state index contributed by atoms with van der Waals surface area (Å²) in [5.74, 6) is -4.17. The number of hydrogen-bond donors (Lipinski definition) is 1. The number of carbonyl (C=O) groups excluding carboxylic acids is 1. The highest BCUT2D eigenvalue weighted by Crippen LogP contribution is 2.59. The molecule has 2 unspecified atom stereocenters. The molecule has 2 aliphatic carbocycles. The molecule has 1 aliphatic heterocycles. The molecule has 1 saturated heterocycles.